The molecule has 5 rings (SSSR count). The third-order valence-corrected chi connectivity index (χ3v) is 8.11. The number of sulfone groups is 1. The third-order valence-electron chi connectivity index (χ3n) is 6.38. The van der Waals surface area contributed by atoms with Crippen LogP contribution >= 0.6 is 0 Å². The molecule has 0 fully saturated rings. The van der Waals surface area contributed by atoms with Gasteiger partial charge in [0, 0.05) is 36.3 Å². The van der Waals surface area contributed by atoms with Gasteiger partial charge in [0.1, 0.15) is 5.75 Å². The van der Waals surface area contributed by atoms with Gasteiger partial charge in [0.25, 0.3) is 5.91 Å². The minimum atomic E-state index is -3.64. The first kappa shape index (κ1) is 24.0. The predicted octanol–water partition coefficient (Wildman–Crippen LogP) is 3.52. The highest BCUT2D eigenvalue weighted by atomic mass is 32.2. The second-order valence-corrected chi connectivity index (χ2v) is 10.8. The Hall–Kier alpha value is -3.69. The summed E-state index contributed by atoms with van der Waals surface area (Å²) in [5.41, 5.74) is 0.589. The van der Waals surface area contributed by atoms with Crippen molar-refractivity contribution in [1.29, 1.82) is 0 Å². The van der Waals surface area contributed by atoms with Crippen molar-refractivity contribution in [2.24, 2.45) is 4.99 Å². The van der Waals surface area contributed by atoms with E-state index >= 15 is 0 Å². The summed E-state index contributed by atoms with van der Waals surface area (Å²) < 4.78 is 38.0. The second-order valence-electron chi connectivity index (χ2n) is 8.71. The average molecular weight is 507 g/mol. The van der Waals surface area contributed by atoms with Crippen LogP contribution in [0.25, 0.3) is 0 Å². The number of amides is 1. The summed E-state index contributed by atoms with van der Waals surface area (Å²) in [6, 6.07) is 22.6. The van der Waals surface area contributed by atoms with E-state index in [9.17, 15) is 13.2 Å². The zero-order chi connectivity index (χ0) is 25.2. The van der Waals surface area contributed by atoms with E-state index in [0.29, 0.717) is 30.0 Å². The number of nitrogens with one attached hydrogen (secondary N) is 1. The maximum atomic E-state index is 13.5. The fraction of sp³-hybridized carbons (Fsp3) is 0.259. The average Bonchev–Trinajstić information content (AvgIpc) is 3.31. The Labute approximate surface area is 209 Å². The molecular formula is C27H26N2O6S. The highest BCUT2D eigenvalue weighted by Gasteiger charge is 2.56. The number of carbonyl (C=O) groups excluding carboxylic acids is 1. The van der Waals surface area contributed by atoms with E-state index in [0.717, 1.165) is 5.56 Å². The van der Waals surface area contributed by atoms with Gasteiger partial charge in [0.05, 0.1) is 17.3 Å². The first-order chi connectivity index (χ1) is 17.4. The number of hydrogen-bond donors (Lipinski definition) is 2. The molecule has 0 aromatic heterocycles. The van der Waals surface area contributed by atoms with E-state index in [1.807, 2.05) is 18.2 Å². The Morgan fingerprint density at radius 1 is 1.00 bits per heavy atom. The molecule has 36 heavy (non-hydrogen) atoms. The summed E-state index contributed by atoms with van der Waals surface area (Å²) in [6.45, 7) is 0.445. The van der Waals surface area contributed by atoms with Crippen LogP contribution in [0.15, 0.2) is 88.8 Å². The van der Waals surface area contributed by atoms with Crippen LogP contribution in [-0.2, 0) is 19.4 Å². The smallest absolute Gasteiger partial charge is 0.256 e. The Bertz CT molecular complexity index is 1390. The van der Waals surface area contributed by atoms with Crippen molar-refractivity contribution in [3.63, 3.8) is 0 Å². The van der Waals surface area contributed by atoms with Gasteiger partial charge in [0.2, 0.25) is 5.90 Å². The number of benzene rings is 3. The molecule has 1 amide bonds. The van der Waals surface area contributed by atoms with Crippen molar-refractivity contribution < 1.29 is 27.8 Å². The van der Waals surface area contributed by atoms with Gasteiger partial charge in [-0.2, -0.15) is 0 Å². The van der Waals surface area contributed by atoms with Crippen molar-refractivity contribution in [2.45, 2.75) is 29.4 Å². The molecule has 186 valence electrons. The highest BCUT2D eigenvalue weighted by Crippen LogP contribution is 2.48. The van der Waals surface area contributed by atoms with Crippen molar-refractivity contribution in [2.75, 3.05) is 24.3 Å². The lowest BCUT2D eigenvalue weighted by Crippen LogP contribution is -2.49. The number of ether oxygens (including phenoxy) is 2. The van der Waals surface area contributed by atoms with Gasteiger partial charge < -0.3 is 19.9 Å². The van der Waals surface area contributed by atoms with E-state index in [4.69, 9.17) is 19.6 Å². The zero-order valence-corrected chi connectivity index (χ0v) is 20.3. The highest BCUT2D eigenvalue weighted by molar-refractivity contribution is 7.91. The van der Waals surface area contributed by atoms with E-state index in [-0.39, 0.29) is 29.6 Å². The van der Waals surface area contributed by atoms with Gasteiger partial charge in [0.15, 0.2) is 21.5 Å². The molecule has 0 aliphatic carbocycles. The monoisotopic (exact) mass is 506 g/mol. The van der Waals surface area contributed by atoms with E-state index in [1.54, 1.807) is 60.7 Å². The Morgan fingerprint density at radius 2 is 1.72 bits per heavy atom. The number of aliphatic hydroxyl groups is 1. The molecular weight excluding hydrogens is 480 g/mol. The molecule has 0 saturated heterocycles. The summed E-state index contributed by atoms with van der Waals surface area (Å²) in [4.78, 5) is 18.4. The molecule has 2 heterocycles. The first-order valence-corrected chi connectivity index (χ1v) is 13.4. The van der Waals surface area contributed by atoms with Gasteiger partial charge in [-0.3, -0.25) is 4.79 Å². The number of anilines is 1. The predicted molar refractivity (Wildman–Crippen MR) is 135 cm³/mol. The molecule has 9 heteroatoms. The molecule has 3 aromatic rings. The lowest BCUT2D eigenvalue weighted by atomic mass is 9.81. The fourth-order valence-electron chi connectivity index (χ4n) is 4.45. The maximum Gasteiger partial charge on any atom is 0.256 e. The van der Waals surface area contributed by atoms with Gasteiger partial charge in [-0.1, -0.05) is 36.4 Å². The third kappa shape index (κ3) is 4.47. The van der Waals surface area contributed by atoms with Crippen LogP contribution in [0, 0.1) is 0 Å². The Morgan fingerprint density at radius 3 is 2.47 bits per heavy atom. The minimum Gasteiger partial charge on any atom is -0.494 e. The SMILES string of the molecule is O=C1Nc2ccccc2[C@H]2OC(c3ccc(OCCCO)cc3)=N[C@@]12CCS(=O)(=O)c1ccccc1. The van der Waals surface area contributed by atoms with Crippen LogP contribution in [0.2, 0.25) is 0 Å². The summed E-state index contributed by atoms with van der Waals surface area (Å²) in [7, 11) is -3.64. The zero-order valence-electron chi connectivity index (χ0n) is 19.5. The number of nitrogens with zero attached hydrogens (tertiary/aromatic N) is 1. The molecule has 0 bridgehead atoms. The van der Waals surface area contributed by atoms with Gasteiger partial charge in [-0.25, -0.2) is 13.4 Å². The quantitative estimate of drug-likeness (QED) is 0.429. The van der Waals surface area contributed by atoms with Crippen molar-refractivity contribution >= 4 is 27.3 Å². The number of carbonyl (C=O) groups is 1. The lowest BCUT2D eigenvalue weighted by molar-refractivity contribution is -0.124. The number of aliphatic imine (C=N–C) groups is 1. The summed E-state index contributed by atoms with van der Waals surface area (Å²) in [5.74, 6) is 0.246. The number of hydrogen-bond acceptors (Lipinski definition) is 7. The number of para-hydroxylation sites is 1. The van der Waals surface area contributed by atoms with Crippen molar-refractivity contribution in [1.82, 2.24) is 0 Å². The standard InChI is InChI=1S/C27H26N2O6S/c30-16-6-17-34-20-13-11-19(12-14-20)25-29-27(15-18-36(32,33)21-7-2-1-3-8-21)24(35-25)22-9-4-5-10-23(22)28-26(27)31/h1-5,7-14,24,30H,6,15-18H2,(H,28,31)/t24-,27-/m1/s1. The minimum absolute atomic E-state index is 0.0408. The Balaban J connectivity index is 1.48. The van der Waals surface area contributed by atoms with Crippen LogP contribution in [-0.4, -0.2) is 49.8 Å². The van der Waals surface area contributed by atoms with E-state index < -0.39 is 27.4 Å². The molecule has 0 radical (unpaired) electrons. The largest absolute Gasteiger partial charge is 0.494 e. The number of fused-ring (bicyclic) bond motifs is 3. The topological polar surface area (TPSA) is 114 Å². The van der Waals surface area contributed by atoms with Crippen LogP contribution in [0.1, 0.15) is 30.1 Å². The van der Waals surface area contributed by atoms with E-state index in [2.05, 4.69) is 5.32 Å². The summed E-state index contributed by atoms with van der Waals surface area (Å²) in [6.07, 6.45) is -0.271. The normalized spacial score (nSPS) is 20.5. The van der Waals surface area contributed by atoms with Gasteiger partial charge in [-0.15, -0.1) is 0 Å². The molecule has 8 nitrogen and oxygen atoms in total. The number of rotatable bonds is 9. The van der Waals surface area contributed by atoms with Crippen LogP contribution in [0.4, 0.5) is 5.69 Å². The molecule has 0 saturated carbocycles. The van der Waals surface area contributed by atoms with Gasteiger partial charge in [-0.05, 0) is 42.5 Å². The molecule has 0 unspecified atom stereocenters. The molecule has 0 spiro atoms. The van der Waals surface area contributed by atoms with Crippen LogP contribution < -0.4 is 10.1 Å². The van der Waals surface area contributed by atoms with Crippen molar-refractivity contribution in [3.05, 3.63) is 90.0 Å². The summed E-state index contributed by atoms with van der Waals surface area (Å²) in [5, 5.41) is 11.8. The van der Waals surface area contributed by atoms with Crippen LogP contribution in [0.5, 0.6) is 5.75 Å². The first-order valence-electron chi connectivity index (χ1n) is 11.7. The summed E-state index contributed by atoms with van der Waals surface area (Å²) >= 11 is 0. The van der Waals surface area contributed by atoms with Crippen LogP contribution in [0.3, 0.4) is 0 Å². The molecule has 2 aliphatic rings. The second kappa shape index (κ2) is 9.75. The molecule has 2 N–H and O–H groups in total. The Kier molecular flexibility index (Phi) is 6.51. The lowest BCUT2D eigenvalue weighted by Gasteiger charge is -2.35. The fourth-order valence-corrected chi connectivity index (χ4v) is 5.84. The molecule has 2 aliphatic heterocycles. The maximum absolute atomic E-state index is 13.5. The van der Waals surface area contributed by atoms with Gasteiger partial charge >= 0.3 is 0 Å². The molecule has 2 atom stereocenters. The van der Waals surface area contributed by atoms with E-state index in [1.165, 1.54) is 0 Å². The number of aliphatic hydroxyl groups excluding tert-OH is 1. The molecule has 3 aromatic carbocycles. The van der Waals surface area contributed by atoms with Crippen molar-refractivity contribution in [3.8, 4) is 5.75 Å².